The molecule has 7 nitrogen and oxygen atoms in total. The normalized spacial score (nSPS) is 12.4. The number of hydrogen-bond acceptors (Lipinski definition) is 4. The van der Waals surface area contributed by atoms with Crippen LogP contribution in [-0.4, -0.2) is 37.1 Å². The maximum Gasteiger partial charge on any atom is 0.317 e. The van der Waals surface area contributed by atoms with E-state index >= 15 is 0 Å². The van der Waals surface area contributed by atoms with E-state index in [1.54, 1.807) is 11.9 Å². The average Bonchev–Trinajstić information content (AvgIpc) is 2.72. The van der Waals surface area contributed by atoms with Crippen molar-refractivity contribution in [3.05, 3.63) is 53.6 Å². The molecule has 0 atom stereocenters. The van der Waals surface area contributed by atoms with E-state index in [1.807, 2.05) is 56.3 Å². The molecule has 0 aromatic heterocycles. The first-order chi connectivity index (χ1) is 13.9. The molecule has 3 amide bonds. The van der Waals surface area contributed by atoms with Crippen molar-refractivity contribution in [2.24, 2.45) is 5.92 Å². The van der Waals surface area contributed by atoms with Gasteiger partial charge in [0.2, 0.25) is 5.91 Å². The van der Waals surface area contributed by atoms with Crippen LogP contribution in [0.2, 0.25) is 0 Å². The second kappa shape index (κ2) is 9.32. The Bertz CT molecular complexity index is 865. The smallest absolute Gasteiger partial charge is 0.317 e. The Hall–Kier alpha value is -3.22. The number of hydrogen-bond donors (Lipinski definition) is 2. The third kappa shape index (κ3) is 5.63. The number of carbonyl (C=O) groups is 2. The first kappa shape index (κ1) is 20.5. The summed E-state index contributed by atoms with van der Waals surface area (Å²) in [5.41, 5.74) is 2.67. The van der Waals surface area contributed by atoms with Gasteiger partial charge in [0.15, 0.2) is 11.5 Å². The number of nitrogens with one attached hydrogen (secondary N) is 2. The van der Waals surface area contributed by atoms with Gasteiger partial charge in [-0.05, 0) is 35.4 Å². The van der Waals surface area contributed by atoms with Crippen molar-refractivity contribution in [3.8, 4) is 11.5 Å². The number of fused-ring (bicyclic) bond motifs is 1. The molecule has 154 valence electrons. The van der Waals surface area contributed by atoms with E-state index in [9.17, 15) is 9.59 Å². The number of benzene rings is 2. The maximum atomic E-state index is 12.4. The molecule has 0 unspecified atom stereocenters. The van der Waals surface area contributed by atoms with Crippen molar-refractivity contribution in [3.63, 3.8) is 0 Å². The Morgan fingerprint density at radius 1 is 1.00 bits per heavy atom. The van der Waals surface area contributed by atoms with Gasteiger partial charge in [-0.3, -0.25) is 4.79 Å². The third-order valence-corrected chi connectivity index (χ3v) is 4.56. The Morgan fingerprint density at radius 3 is 2.34 bits per heavy atom. The first-order valence-electron chi connectivity index (χ1n) is 9.69. The van der Waals surface area contributed by atoms with E-state index in [2.05, 4.69) is 10.6 Å². The molecule has 1 aliphatic heterocycles. The highest BCUT2D eigenvalue weighted by Crippen LogP contribution is 2.31. The zero-order chi connectivity index (χ0) is 20.8. The third-order valence-electron chi connectivity index (χ3n) is 4.56. The summed E-state index contributed by atoms with van der Waals surface area (Å²) in [7, 11) is 1.75. The summed E-state index contributed by atoms with van der Waals surface area (Å²) in [6.07, 6.45) is 0. The molecule has 0 saturated carbocycles. The number of carbonyl (C=O) groups excluding carboxylic acids is 2. The van der Waals surface area contributed by atoms with E-state index in [0.29, 0.717) is 32.1 Å². The number of urea groups is 1. The van der Waals surface area contributed by atoms with Crippen LogP contribution in [0.5, 0.6) is 11.5 Å². The van der Waals surface area contributed by atoms with Crippen LogP contribution < -0.4 is 20.1 Å². The van der Waals surface area contributed by atoms with Crippen molar-refractivity contribution in [1.29, 1.82) is 0 Å². The van der Waals surface area contributed by atoms with E-state index in [1.165, 1.54) is 0 Å². The molecule has 0 spiro atoms. The van der Waals surface area contributed by atoms with Gasteiger partial charge < -0.3 is 25.0 Å². The van der Waals surface area contributed by atoms with Crippen molar-refractivity contribution in [2.45, 2.75) is 26.9 Å². The molecular formula is C22H27N3O4. The molecule has 2 aromatic rings. The van der Waals surface area contributed by atoms with E-state index in [-0.39, 0.29) is 17.9 Å². The predicted molar refractivity (Wildman–Crippen MR) is 111 cm³/mol. The van der Waals surface area contributed by atoms with Crippen LogP contribution in [0.3, 0.4) is 0 Å². The number of ether oxygens (including phenoxy) is 2. The number of amides is 3. The van der Waals surface area contributed by atoms with Crippen LogP contribution in [0.4, 0.5) is 10.5 Å². The van der Waals surface area contributed by atoms with E-state index in [4.69, 9.17) is 9.47 Å². The summed E-state index contributed by atoms with van der Waals surface area (Å²) < 4.78 is 11.1. The Balaban J connectivity index is 1.49. The largest absolute Gasteiger partial charge is 0.486 e. The molecule has 0 aliphatic carbocycles. The monoisotopic (exact) mass is 397 g/mol. The van der Waals surface area contributed by atoms with Crippen LogP contribution in [0, 0.1) is 5.92 Å². The summed E-state index contributed by atoms with van der Waals surface area (Å²) in [4.78, 5) is 25.7. The van der Waals surface area contributed by atoms with Gasteiger partial charge in [0.25, 0.3) is 0 Å². The molecule has 0 fully saturated rings. The second-order valence-electron chi connectivity index (χ2n) is 7.33. The molecule has 0 bridgehead atoms. The molecule has 1 heterocycles. The summed E-state index contributed by atoms with van der Waals surface area (Å²) in [6, 6.07) is 13.0. The van der Waals surface area contributed by atoms with Gasteiger partial charge in [-0.1, -0.05) is 32.0 Å². The number of anilines is 1. The minimum Gasteiger partial charge on any atom is -0.486 e. The summed E-state index contributed by atoms with van der Waals surface area (Å²) in [5.74, 6) is 1.36. The van der Waals surface area contributed by atoms with Crippen LogP contribution in [0.25, 0.3) is 0 Å². The van der Waals surface area contributed by atoms with Crippen molar-refractivity contribution < 1.29 is 19.1 Å². The summed E-state index contributed by atoms with van der Waals surface area (Å²) in [5, 5.41) is 5.75. The SMILES string of the molecule is CC(C)C(=O)Nc1ccc(CNC(=O)N(C)Cc2ccc3c(c2)OCCO3)cc1. The molecule has 2 aromatic carbocycles. The predicted octanol–water partition coefficient (Wildman–Crippen LogP) is 3.39. The number of rotatable bonds is 6. The van der Waals surface area contributed by atoms with E-state index in [0.717, 1.165) is 22.6 Å². The van der Waals surface area contributed by atoms with Crippen LogP contribution in [-0.2, 0) is 17.9 Å². The highest BCUT2D eigenvalue weighted by atomic mass is 16.6. The van der Waals surface area contributed by atoms with Gasteiger partial charge in [0, 0.05) is 31.7 Å². The lowest BCUT2D eigenvalue weighted by atomic mass is 10.1. The highest BCUT2D eigenvalue weighted by molar-refractivity contribution is 5.92. The standard InChI is InChI=1S/C22H27N3O4/c1-15(2)21(26)24-18-7-4-16(5-8-18)13-23-22(27)25(3)14-17-6-9-19-20(12-17)29-11-10-28-19/h4-9,12,15H,10-11,13-14H2,1-3H3,(H,23,27)(H,24,26). The topological polar surface area (TPSA) is 79.9 Å². The van der Waals surface area contributed by atoms with Crippen LogP contribution in [0.1, 0.15) is 25.0 Å². The molecule has 0 radical (unpaired) electrons. The summed E-state index contributed by atoms with van der Waals surface area (Å²) >= 11 is 0. The van der Waals surface area contributed by atoms with Crippen LogP contribution >= 0.6 is 0 Å². The van der Waals surface area contributed by atoms with Gasteiger partial charge in [0.05, 0.1) is 0 Å². The Kier molecular flexibility index (Phi) is 6.59. The van der Waals surface area contributed by atoms with Gasteiger partial charge in [-0.25, -0.2) is 4.79 Å². The lowest BCUT2D eigenvalue weighted by Gasteiger charge is -2.21. The molecular weight excluding hydrogens is 370 g/mol. The molecule has 2 N–H and O–H groups in total. The molecule has 0 saturated heterocycles. The van der Waals surface area contributed by atoms with Gasteiger partial charge >= 0.3 is 6.03 Å². The minimum atomic E-state index is -0.169. The fraction of sp³-hybridized carbons (Fsp3) is 0.364. The molecule has 1 aliphatic rings. The maximum absolute atomic E-state index is 12.4. The average molecular weight is 397 g/mol. The first-order valence-corrected chi connectivity index (χ1v) is 9.69. The van der Waals surface area contributed by atoms with Crippen molar-refractivity contribution in [1.82, 2.24) is 10.2 Å². The van der Waals surface area contributed by atoms with Gasteiger partial charge in [-0.15, -0.1) is 0 Å². The Morgan fingerprint density at radius 2 is 1.66 bits per heavy atom. The lowest BCUT2D eigenvalue weighted by Crippen LogP contribution is -2.36. The van der Waals surface area contributed by atoms with Crippen LogP contribution in [0.15, 0.2) is 42.5 Å². The number of nitrogens with zero attached hydrogens (tertiary/aromatic N) is 1. The highest BCUT2D eigenvalue weighted by Gasteiger charge is 2.14. The zero-order valence-corrected chi connectivity index (χ0v) is 17.0. The molecule has 7 heteroatoms. The quantitative estimate of drug-likeness (QED) is 0.783. The minimum absolute atomic E-state index is 0.0215. The fourth-order valence-corrected chi connectivity index (χ4v) is 2.84. The molecule has 29 heavy (non-hydrogen) atoms. The van der Waals surface area contributed by atoms with Crippen molar-refractivity contribution in [2.75, 3.05) is 25.6 Å². The fourth-order valence-electron chi connectivity index (χ4n) is 2.84. The van der Waals surface area contributed by atoms with Gasteiger partial charge in [0.1, 0.15) is 13.2 Å². The molecule has 3 rings (SSSR count). The zero-order valence-electron chi connectivity index (χ0n) is 17.0. The Labute approximate surface area is 171 Å². The second-order valence-corrected chi connectivity index (χ2v) is 7.33. The van der Waals surface area contributed by atoms with E-state index < -0.39 is 0 Å². The summed E-state index contributed by atoms with van der Waals surface area (Å²) in [6.45, 7) is 5.65. The van der Waals surface area contributed by atoms with Gasteiger partial charge in [-0.2, -0.15) is 0 Å². The van der Waals surface area contributed by atoms with Crippen molar-refractivity contribution >= 4 is 17.6 Å². The lowest BCUT2D eigenvalue weighted by molar-refractivity contribution is -0.118.